The van der Waals surface area contributed by atoms with Crippen molar-refractivity contribution in [1.29, 1.82) is 0 Å². The van der Waals surface area contributed by atoms with Crippen LogP contribution in [-0.4, -0.2) is 4.98 Å². The second-order valence-electron chi connectivity index (χ2n) is 5.70. The maximum atomic E-state index is 4.95. The molecule has 0 amide bonds. The molecular weight excluding hydrogens is 278 g/mol. The molecule has 4 aromatic rings. The Labute approximate surface area is 136 Å². The van der Waals surface area contributed by atoms with Crippen LogP contribution in [0, 0.1) is 6.92 Å². The average molecular weight is 295 g/mol. The second kappa shape index (κ2) is 5.69. The Morgan fingerprint density at radius 2 is 1.09 bits per heavy atom. The molecule has 0 N–H and O–H groups in total. The Bertz CT molecular complexity index is 957. The molecule has 0 saturated heterocycles. The van der Waals surface area contributed by atoms with Crippen molar-refractivity contribution in [2.24, 2.45) is 0 Å². The maximum absolute atomic E-state index is 4.95. The summed E-state index contributed by atoms with van der Waals surface area (Å²) in [5.74, 6) is 0. The molecule has 1 aromatic heterocycles. The van der Waals surface area contributed by atoms with Gasteiger partial charge in [0.1, 0.15) is 0 Å². The van der Waals surface area contributed by atoms with Crippen LogP contribution in [0.4, 0.5) is 0 Å². The fraction of sp³-hybridized carbons (Fsp3) is 0.0455. The van der Waals surface area contributed by atoms with Crippen LogP contribution in [0.5, 0.6) is 0 Å². The summed E-state index contributed by atoms with van der Waals surface area (Å²) < 4.78 is 0. The molecule has 3 aromatic carbocycles. The summed E-state index contributed by atoms with van der Waals surface area (Å²) in [4.78, 5) is 4.95. The minimum Gasteiger partial charge on any atom is -0.252 e. The van der Waals surface area contributed by atoms with Crippen molar-refractivity contribution >= 4 is 10.8 Å². The minimum atomic E-state index is 1.05. The second-order valence-corrected chi connectivity index (χ2v) is 5.70. The Hall–Kier alpha value is -2.93. The summed E-state index contributed by atoms with van der Waals surface area (Å²) >= 11 is 0. The fourth-order valence-corrected chi connectivity index (χ4v) is 3.17. The highest BCUT2D eigenvalue weighted by atomic mass is 14.7. The van der Waals surface area contributed by atoms with Gasteiger partial charge >= 0.3 is 0 Å². The van der Waals surface area contributed by atoms with Gasteiger partial charge < -0.3 is 0 Å². The monoisotopic (exact) mass is 295 g/mol. The molecule has 0 aliphatic carbocycles. The summed E-state index contributed by atoms with van der Waals surface area (Å²) in [6.45, 7) is 2.10. The zero-order valence-corrected chi connectivity index (χ0v) is 13.0. The predicted octanol–water partition coefficient (Wildman–Crippen LogP) is 5.88. The first-order chi connectivity index (χ1) is 11.3. The van der Waals surface area contributed by atoms with Crippen molar-refractivity contribution in [1.82, 2.24) is 4.98 Å². The van der Waals surface area contributed by atoms with Gasteiger partial charge in [0.2, 0.25) is 0 Å². The van der Waals surface area contributed by atoms with Crippen molar-refractivity contribution in [2.45, 2.75) is 6.92 Å². The molecule has 0 bridgehead atoms. The van der Waals surface area contributed by atoms with Gasteiger partial charge in [-0.15, -0.1) is 0 Å². The topological polar surface area (TPSA) is 12.9 Å². The number of hydrogen-bond donors (Lipinski definition) is 0. The highest BCUT2D eigenvalue weighted by molar-refractivity contribution is 6.04. The van der Waals surface area contributed by atoms with Gasteiger partial charge in [-0.1, -0.05) is 84.9 Å². The molecule has 0 aliphatic heterocycles. The van der Waals surface area contributed by atoms with Crippen molar-refractivity contribution in [3.8, 4) is 22.4 Å². The van der Waals surface area contributed by atoms with Crippen LogP contribution in [0.2, 0.25) is 0 Å². The molecule has 0 radical (unpaired) electrons. The molecule has 0 spiro atoms. The molecular formula is C22H17N. The van der Waals surface area contributed by atoms with Crippen molar-refractivity contribution in [3.63, 3.8) is 0 Å². The molecule has 23 heavy (non-hydrogen) atoms. The number of aryl methyl sites for hydroxylation is 1. The number of pyridine rings is 1. The van der Waals surface area contributed by atoms with Gasteiger partial charge in [0, 0.05) is 22.2 Å². The lowest BCUT2D eigenvalue weighted by atomic mass is 9.94. The smallest absolute Gasteiger partial charge is 0.0783 e. The SMILES string of the molecule is Cc1nc(-c2ccccc2)c2ccccc2c1-c1ccccc1. The van der Waals surface area contributed by atoms with E-state index >= 15 is 0 Å². The van der Waals surface area contributed by atoms with Crippen LogP contribution in [0.25, 0.3) is 33.2 Å². The maximum Gasteiger partial charge on any atom is 0.0783 e. The molecule has 1 heteroatoms. The first-order valence-corrected chi connectivity index (χ1v) is 7.85. The number of hydrogen-bond acceptors (Lipinski definition) is 1. The minimum absolute atomic E-state index is 1.05. The van der Waals surface area contributed by atoms with E-state index in [9.17, 15) is 0 Å². The Morgan fingerprint density at radius 1 is 0.565 bits per heavy atom. The largest absolute Gasteiger partial charge is 0.252 e. The lowest BCUT2D eigenvalue weighted by molar-refractivity contribution is 1.23. The molecule has 110 valence electrons. The standard InChI is InChI=1S/C22H17N/c1-16-21(17-10-4-2-5-11-17)19-14-8-9-15-20(19)22(23-16)18-12-6-3-7-13-18/h2-15H,1H3. The first kappa shape index (κ1) is 13.7. The third kappa shape index (κ3) is 2.40. The first-order valence-electron chi connectivity index (χ1n) is 7.85. The highest BCUT2D eigenvalue weighted by Gasteiger charge is 2.13. The van der Waals surface area contributed by atoms with Gasteiger partial charge in [0.25, 0.3) is 0 Å². The van der Waals surface area contributed by atoms with E-state index in [1.165, 1.54) is 21.9 Å². The van der Waals surface area contributed by atoms with Crippen molar-refractivity contribution in [2.75, 3.05) is 0 Å². The lowest BCUT2D eigenvalue weighted by Gasteiger charge is -2.14. The van der Waals surface area contributed by atoms with Crippen LogP contribution in [0.1, 0.15) is 5.69 Å². The molecule has 0 aliphatic rings. The van der Waals surface area contributed by atoms with Gasteiger partial charge in [-0.25, -0.2) is 0 Å². The molecule has 1 nitrogen and oxygen atoms in total. The molecule has 4 rings (SSSR count). The van der Waals surface area contributed by atoms with Gasteiger partial charge in [-0.05, 0) is 17.9 Å². The van der Waals surface area contributed by atoms with E-state index in [-0.39, 0.29) is 0 Å². The summed E-state index contributed by atoms with van der Waals surface area (Å²) in [7, 11) is 0. The Morgan fingerprint density at radius 3 is 1.74 bits per heavy atom. The summed E-state index contributed by atoms with van der Waals surface area (Å²) in [5.41, 5.74) is 5.72. The Kier molecular flexibility index (Phi) is 3.39. The molecule has 0 unspecified atom stereocenters. The molecule has 0 atom stereocenters. The van der Waals surface area contributed by atoms with Crippen LogP contribution in [-0.2, 0) is 0 Å². The van der Waals surface area contributed by atoms with E-state index in [1.54, 1.807) is 0 Å². The van der Waals surface area contributed by atoms with Crippen molar-refractivity contribution < 1.29 is 0 Å². The zero-order valence-electron chi connectivity index (χ0n) is 13.0. The van der Waals surface area contributed by atoms with E-state index < -0.39 is 0 Å². The quantitative estimate of drug-likeness (QED) is 0.450. The van der Waals surface area contributed by atoms with Crippen molar-refractivity contribution in [3.05, 3.63) is 90.6 Å². The number of aromatic nitrogens is 1. The van der Waals surface area contributed by atoms with E-state index in [0.29, 0.717) is 0 Å². The third-order valence-electron chi connectivity index (χ3n) is 4.20. The highest BCUT2D eigenvalue weighted by Crippen LogP contribution is 2.35. The summed E-state index contributed by atoms with van der Waals surface area (Å²) in [6.07, 6.45) is 0. The number of fused-ring (bicyclic) bond motifs is 1. The third-order valence-corrected chi connectivity index (χ3v) is 4.20. The van der Waals surface area contributed by atoms with E-state index in [4.69, 9.17) is 4.98 Å². The predicted molar refractivity (Wildman–Crippen MR) is 97.4 cm³/mol. The van der Waals surface area contributed by atoms with Gasteiger partial charge in [-0.2, -0.15) is 0 Å². The summed E-state index contributed by atoms with van der Waals surface area (Å²) in [6, 6.07) is 29.5. The fourth-order valence-electron chi connectivity index (χ4n) is 3.17. The van der Waals surface area contributed by atoms with E-state index in [0.717, 1.165) is 17.0 Å². The summed E-state index contributed by atoms with van der Waals surface area (Å²) in [5, 5.41) is 2.45. The lowest BCUT2D eigenvalue weighted by Crippen LogP contribution is -1.94. The van der Waals surface area contributed by atoms with Crippen LogP contribution in [0.15, 0.2) is 84.9 Å². The van der Waals surface area contributed by atoms with E-state index in [2.05, 4.69) is 79.7 Å². The Balaban J connectivity index is 2.07. The van der Waals surface area contributed by atoms with Gasteiger partial charge in [0.15, 0.2) is 0 Å². The van der Waals surface area contributed by atoms with Gasteiger partial charge in [0.05, 0.1) is 5.69 Å². The number of rotatable bonds is 2. The molecule has 1 heterocycles. The van der Waals surface area contributed by atoms with Crippen LogP contribution < -0.4 is 0 Å². The van der Waals surface area contributed by atoms with Crippen LogP contribution >= 0.6 is 0 Å². The van der Waals surface area contributed by atoms with Crippen LogP contribution in [0.3, 0.4) is 0 Å². The molecule has 0 fully saturated rings. The average Bonchev–Trinajstić information content (AvgIpc) is 2.62. The normalized spacial score (nSPS) is 10.8. The van der Waals surface area contributed by atoms with E-state index in [1.807, 2.05) is 12.1 Å². The molecule has 0 saturated carbocycles. The number of nitrogens with zero attached hydrogens (tertiary/aromatic N) is 1. The zero-order chi connectivity index (χ0) is 15.6. The van der Waals surface area contributed by atoms with Gasteiger partial charge in [-0.3, -0.25) is 4.98 Å². The number of benzene rings is 3.